The number of carbonyl (C=O) groups excluding carboxylic acids is 1. The third kappa shape index (κ3) is 1.50. The molecule has 0 aromatic heterocycles. The Hall–Kier alpha value is -0.850. The lowest BCUT2D eigenvalue weighted by Gasteiger charge is -2.26. The van der Waals surface area contributed by atoms with Gasteiger partial charge in [0.15, 0.2) is 5.78 Å². The van der Waals surface area contributed by atoms with Crippen molar-refractivity contribution in [3.8, 4) is 0 Å². The standard InChI is InChI=1S/C11H16O/c1-7(2)10-6-5-8(3)11(12)9(10)4/h5,9-10H,1,6H2,2-4H3/t9?,10-/m1/s1. The highest BCUT2D eigenvalue weighted by molar-refractivity contribution is 5.97. The summed E-state index contributed by atoms with van der Waals surface area (Å²) in [6.07, 6.45) is 3.01. The lowest BCUT2D eigenvalue weighted by atomic mass is 9.77. The molecule has 0 N–H and O–H groups in total. The van der Waals surface area contributed by atoms with Gasteiger partial charge < -0.3 is 0 Å². The predicted molar refractivity (Wildman–Crippen MR) is 50.8 cm³/mol. The number of carbonyl (C=O) groups is 1. The van der Waals surface area contributed by atoms with Crippen LogP contribution >= 0.6 is 0 Å². The van der Waals surface area contributed by atoms with Crippen molar-refractivity contribution >= 4 is 5.78 Å². The Balaban J connectivity index is 2.87. The van der Waals surface area contributed by atoms with E-state index < -0.39 is 0 Å². The maximum Gasteiger partial charge on any atom is 0.161 e. The summed E-state index contributed by atoms with van der Waals surface area (Å²) in [7, 11) is 0. The van der Waals surface area contributed by atoms with Gasteiger partial charge in [0, 0.05) is 5.92 Å². The number of Topliss-reactive ketones (excluding diaryl/α,β-unsaturated/α-hetero) is 1. The second-order valence-corrected chi connectivity index (χ2v) is 3.73. The topological polar surface area (TPSA) is 17.1 Å². The van der Waals surface area contributed by atoms with E-state index in [1.165, 1.54) is 0 Å². The van der Waals surface area contributed by atoms with Gasteiger partial charge >= 0.3 is 0 Å². The molecular formula is C11H16O. The van der Waals surface area contributed by atoms with Gasteiger partial charge in [0.25, 0.3) is 0 Å². The molecule has 0 aliphatic heterocycles. The molecule has 0 spiro atoms. The van der Waals surface area contributed by atoms with E-state index in [2.05, 4.69) is 6.58 Å². The van der Waals surface area contributed by atoms with Crippen molar-refractivity contribution in [2.24, 2.45) is 11.8 Å². The van der Waals surface area contributed by atoms with Crippen LogP contribution in [0.4, 0.5) is 0 Å². The molecule has 1 rings (SSSR count). The number of ketones is 1. The van der Waals surface area contributed by atoms with Crippen molar-refractivity contribution in [3.63, 3.8) is 0 Å². The zero-order chi connectivity index (χ0) is 9.30. The molecule has 1 nitrogen and oxygen atoms in total. The van der Waals surface area contributed by atoms with E-state index in [1.807, 2.05) is 26.8 Å². The number of hydrogen-bond donors (Lipinski definition) is 0. The minimum atomic E-state index is 0.132. The Morgan fingerprint density at radius 1 is 1.67 bits per heavy atom. The van der Waals surface area contributed by atoms with Gasteiger partial charge in [0.2, 0.25) is 0 Å². The smallest absolute Gasteiger partial charge is 0.161 e. The Morgan fingerprint density at radius 3 is 2.75 bits per heavy atom. The Bertz CT molecular complexity index is 248. The zero-order valence-corrected chi connectivity index (χ0v) is 8.05. The Kier molecular flexibility index (Phi) is 2.51. The first-order valence-electron chi connectivity index (χ1n) is 4.40. The highest BCUT2D eigenvalue weighted by atomic mass is 16.1. The van der Waals surface area contributed by atoms with Crippen LogP contribution in [-0.4, -0.2) is 5.78 Å². The summed E-state index contributed by atoms with van der Waals surface area (Å²) in [5.74, 6) is 0.781. The molecule has 0 aromatic rings. The predicted octanol–water partition coefficient (Wildman–Crippen LogP) is 2.73. The van der Waals surface area contributed by atoms with Gasteiger partial charge in [0.1, 0.15) is 0 Å². The van der Waals surface area contributed by atoms with E-state index in [0.717, 1.165) is 17.6 Å². The van der Waals surface area contributed by atoms with Crippen LogP contribution < -0.4 is 0 Å². The quantitative estimate of drug-likeness (QED) is 0.544. The van der Waals surface area contributed by atoms with Crippen LogP contribution in [0.5, 0.6) is 0 Å². The molecule has 0 aromatic carbocycles. The molecule has 0 heterocycles. The van der Waals surface area contributed by atoms with Gasteiger partial charge in [-0.3, -0.25) is 4.79 Å². The molecule has 1 aliphatic rings. The maximum absolute atomic E-state index is 11.5. The molecule has 0 amide bonds. The van der Waals surface area contributed by atoms with Crippen LogP contribution in [0.3, 0.4) is 0 Å². The van der Waals surface area contributed by atoms with E-state index >= 15 is 0 Å². The average molecular weight is 164 g/mol. The Morgan fingerprint density at radius 2 is 2.25 bits per heavy atom. The van der Waals surface area contributed by atoms with E-state index in [-0.39, 0.29) is 11.7 Å². The fourth-order valence-electron chi connectivity index (χ4n) is 1.78. The van der Waals surface area contributed by atoms with Crippen LogP contribution in [0.25, 0.3) is 0 Å². The lowest BCUT2D eigenvalue weighted by molar-refractivity contribution is -0.120. The molecule has 0 bridgehead atoms. The van der Waals surface area contributed by atoms with Crippen molar-refractivity contribution in [2.45, 2.75) is 27.2 Å². The fraction of sp³-hybridized carbons (Fsp3) is 0.545. The first kappa shape index (κ1) is 9.24. The molecule has 0 fully saturated rings. The second-order valence-electron chi connectivity index (χ2n) is 3.73. The van der Waals surface area contributed by atoms with Gasteiger partial charge in [-0.15, -0.1) is 0 Å². The molecule has 0 radical (unpaired) electrons. The van der Waals surface area contributed by atoms with E-state index in [9.17, 15) is 4.79 Å². The van der Waals surface area contributed by atoms with Gasteiger partial charge in [-0.25, -0.2) is 0 Å². The van der Waals surface area contributed by atoms with Gasteiger partial charge in [-0.2, -0.15) is 0 Å². The molecular weight excluding hydrogens is 148 g/mol. The SMILES string of the molecule is C=C(C)[C@H]1CC=C(C)C(=O)C1C. The molecule has 1 unspecified atom stereocenters. The molecule has 1 aliphatic carbocycles. The number of hydrogen-bond acceptors (Lipinski definition) is 1. The van der Waals surface area contributed by atoms with Crippen LogP contribution in [0.15, 0.2) is 23.8 Å². The molecule has 12 heavy (non-hydrogen) atoms. The van der Waals surface area contributed by atoms with Crippen LogP contribution in [0.2, 0.25) is 0 Å². The zero-order valence-electron chi connectivity index (χ0n) is 8.05. The highest BCUT2D eigenvalue weighted by Crippen LogP contribution is 2.30. The summed E-state index contributed by atoms with van der Waals surface area (Å²) < 4.78 is 0. The third-order valence-electron chi connectivity index (χ3n) is 2.72. The summed E-state index contributed by atoms with van der Waals surface area (Å²) in [6, 6.07) is 0. The minimum absolute atomic E-state index is 0.132. The van der Waals surface area contributed by atoms with E-state index in [1.54, 1.807) is 0 Å². The summed E-state index contributed by atoms with van der Waals surface area (Å²) in [6.45, 7) is 9.80. The minimum Gasteiger partial charge on any atom is -0.294 e. The highest BCUT2D eigenvalue weighted by Gasteiger charge is 2.27. The summed E-state index contributed by atoms with van der Waals surface area (Å²) in [5, 5.41) is 0. The number of allylic oxidation sites excluding steroid dienone is 3. The van der Waals surface area contributed by atoms with E-state index in [4.69, 9.17) is 0 Å². The molecule has 0 saturated carbocycles. The maximum atomic E-state index is 11.5. The van der Waals surface area contributed by atoms with Crippen LogP contribution in [0.1, 0.15) is 27.2 Å². The molecule has 1 heteroatoms. The van der Waals surface area contributed by atoms with Gasteiger partial charge in [-0.05, 0) is 31.8 Å². The van der Waals surface area contributed by atoms with Crippen LogP contribution in [0, 0.1) is 11.8 Å². The summed E-state index contributed by atoms with van der Waals surface area (Å²) in [5.41, 5.74) is 2.04. The van der Waals surface area contributed by atoms with Crippen molar-refractivity contribution in [1.29, 1.82) is 0 Å². The second kappa shape index (κ2) is 3.26. The first-order valence-corrected chi connectivity index (χ1v) is 4.40. The Labute approximate surface area is 74.2 Å². The molecule has 0 saturated heterocycles. The van der Waals surface area contributed by atoms with E-state index in [0.29, 0.717) is 5.92 Å². The number of rotatable bonds is 1. The molecule has 2 atom stereocenters. The van der Waals surface area contributed by atoms with Crippen molar-refractivity contribution in [1.82, 2.24) is 0 Å². The van der Waals surface area contributed by atoms with Crippen molar-refractivity contribution in [2.75, 3.05) is 0 Å². The van der Waals surface area contributed by atoms with Gasteiger partial charge in [0.05, 0.1) is 0 Å². The van der Waals surface area contributed by atoms with Crippen LogP contribution in [-0.2, 0) is 4.79 Å². The monoisotopic (exact) mass is 164 g/mol. The molecule has 66 valence electrons. The summed E-state index contributed by atoms with van der Waals surface area (Å²) >= 11 is 0. The van der Waals surface area contributed by atoms with Crippen molar-refractivity contribution < 1.29 is 4.79 Å². The van der Waals surface area contributed by atoms with Crippen molar-refractivity contribution in [3.05, 3.63) is 23.8 Å². The fourth-order valence-corrected chi connectivity index (χ4v) is 1.78. The largest absolute Gasteiger partial charge is 0.294 e. The average Bonchev–Trinajstić information content (AvgIpc) is 2.00. The third-order valence-corrected chi connectivity index (χ3v) is 2.72. The lowest BCUT2D eigenvalue weighted by Crippen LogP contribution is -2.25. The normalized spacial score (nSPS) is 29.9. The first-order chi connectivity index (χ1) is 5.54. The van der Waals surface area contributed by atoms with Gasteiger partial charge in [-0.1, -0.05) is 25.2 Å². The summed E-state index contributed by atoms with van der Waals surface area (Å²) in [4.78, 5) is 11.5.